The van der Waals surface area contributed by atoms with Crippen LogP contribution in [0.3, 0.4) is 0 Å². The second-order valence-electron chi connectivity index (χ2n) is 6.57. The highest BCUT2D eigenvalue weighted by molar-refractivity contribution is 5.24. The third kappa shape index (κ3) is 1.47. The molecule has 0 aliphatic carbocycles. The molecule has 82 valence electrons. The van der Waals surface area contributed by atoms with E-state index in [4.69, 9.17) is 0 Å². The summed E-state index contributed by atoms with van der Waals surface area (Å²) in [6.07, 6.45) is 2.40. The van der Waals surface area contributed by atoms with E-state index >= 15 is 0 Å². The van der Waals surface area contributed by atoms with Crippen LogP contribution in [-0.4, -0.2) is 16.0 Å². The van der Waals surface area contributed by atoms with Gasteiger partial charge in [-0.3, -0.25) is 0 Å². The van der Waals surface area contributed by atoms with Gasteiger partial charge in [0.05, 0.1) is 0 Å². The lowest BCUT2D eigenvalue weighted by molar-refractivity contribution is 0.0290. The smallest absolute Gasteiger partial charge is 0.0434 e. The molecule has 1 heterocycles. The van der Waals surface area contributed by atoms with E-state index < -0.39 is 0 Å². The molecule has 0 aromatic heterocycles. The van der Waals surface area contributed by atoms with Crippen molar-refractivity contribution in [1.82, 2.24) is 4.90 Å². The van der Waals surface area contributed by atoms with Crippen molar-refractivity contribution in [3.8, 4) is 0 Å². The Bertz CT molecular complexity index is 263. The van der Waals surface area contributed by atoms with Crippen LogP contribution in [0.5, 0.6) is 0 Å². The second kappa shape index (κ2) is 2.77. The minimum atomic E-state index is 0.204. The van der Waals surface area contributed by atoms with Crippen molar-refractivity contribution in [3.05, 3.63) is 11.8 Å². The maximum Gasteiger partial charge on any atom is 0.0434 e. The maximum atomic E-state index is 2.54. The molecule has 1 aliphatic rings. The molecule has 1 heteroatoms. The van der Waals surface area contributed by atoms with Crippen molar-refractivity contribution in [2.24, 2.45) is 5.41 Å². The largest absolute Gasteiger partial charge is 0.365 e. The van der Waals surface area contributed by atoms with Gasteiger partial charge in [-0.25, -0.2) is 0 Å². The molecule has 0 fully saturated rings. The summed E-state index contributed by atoms with van der Waals surface area (Å²) in [5.41, 5.74) is 2.07. The first kappa shape index (κ1) is 11.6. The number of nitrogens with zero attached hydrogens (tertiary/aromatic N) is 1. The van der Waals surface area contributed by atoms with Gasteiger partial charge in [0.25, 0.3) is 0 Å². The Labute approximate surface area is 89.2 Å². The van der Waals surface area contributed by atoms with Crippen LogP contribution in [0.1, 0.15) is 55.4 Å². The molecule has 0 amide bonds. The molecule has 0 radical (unpaired) electrons. The van der Waals surface area contributed by atoms with Crippen LogP contribution in [-0.2, 0) is 0 Å². The molecule has 1 aliphatic heterocycles. The molecule has 0 atom stereocenters. The minimum Gasteiger partial charge on any atom is -0.365 e. The van der Waals surface area contributed by atoms with Gasteiger partial charge in [-0.2, -0.15) is 0 Å². The number of rotatable bonds is 0. The molecule has 0 saturated carbocycles. The van der Waals surface area contributed by atoms with Gasteiger partial charge in [-0.15, -0.1) is 0 Å². The summed E-state index contributed by atoms with van der Waals surface area (Å²) in [7, 11) is 0. The fraction of sp³-hybridized carbons (Fsp3) is 0.846. The van der Waals surface area contributed by atoms with Crippen LogP contribution in [0.2, 0.25) is 0 Å². The van der Waals surface area contributed by atoms with Crippen LogP contribution in [0, 0.1) is 5.41 Å². The quantitative estimate of drug-likeness (QED) is 0.568. The van der Waals surface area contributed by atoms with Crippen LogP contribution in [0.4, 0.5) is 0 Å². The van der Waals surface area contributed by atoms with Gasteiger partial charge in [-0.1, -0.05) is 19.9 Å². The third-order valence-corrected chi connectivity index (χ3v) is 3.73. The van der Waals surface area contributed by atoms with Crippen LogP contribution in [0.25, 0.3) is 0 Å². The Balaban J connectivity index is 3.18. The van der Waals surface area contributed by atoms with E-state index in [-0.39, 0.29) is 16.5 Å². The molecular formula is C13H25N. The van der Waals surface area contributed by atoms with E-state index in [0.717, 1.165) is 0 Å². The fourth-order valence-electron chi connectivity index (χ4n) is 2.86. The molecule has 14 heavy (non-hydrogen) atoms. The van der Waals surface area contributed by atoms with Crippen LogP contribution >= 0.6 is 0 Å². The van der Waals surface area contributed by atoms with E-state index in [9.17, 15) is 0 Å². The summed E-state index contributed by atoms with van der Waals surface area (Å²) in [6.45, 7) is 18.4. The van der Waals surface area contributed by atoms with Crippen molar-refractivity contribution in [2.45, 2.75) is 66.5 Å². The van der Waals surface area contributed by atoms with E-state index in [1.54, 1.807) is 0 Å². The molecule has 0 bridgehead atoms. The monoisotopic (exact) mass is 195 g/mol. The maximum absolute atomic E-state index is 2.54. The first-order valence-corrected chi connectivity index (χ1v) is 5.50. The van der Waals surface area contributed by atoms with E-state index in [1.807, 2.05) is 0 Å². The van der Waals surface area contributed by atoms with Gasteiger partial charge in [0.15, 0.2) is 0 Å². The summed E-state index contributed by atoms with van der Waals surface area (Å²) >= 11 is 0. The highest BCUT2D eigenvalue weighted by Gasteiger charge is 2.49. The summed E-state index contributed by atoms with van der Waals surface area (Å²) in [5, 5.41) is 0. The number of hydrogen-bond donors (Lipinski definition) is 0. The molecule has 0 N–H and O–H groups in total. The molecule has 1 rings (SSSR count). The number of allylic oxidation sites excluding steroid dienone is 1. The van der Waals surface area contributed by atoms with Gasteiger partial charge in [0.2, 0.25) is 0 Å². The van der Waals surface area contributed by atoms with Gasteiger partial charge in [0.1, 0.15) is 0 Å². The summed E-state index contributed by atoms with van der Waals surface area (Å²) in [6, 6.07) is 0. The lowest BCUT2D eigenvalue weighted by Crippen LogP contribution is -2.55. The second-order valence-corrected chi connectivity index (χ2v) is 6.57. The zero-order valence-electron chi connectivity index (χ0n) is 11.0. The van der Waals surface area contributed by atoms with E-state index in [1.165, 1.54) is 5.70 Å². The zero-order chi connectivity index (χ0) is 11.4. The Morgan fingerprint density at radius 3 is 1.64 bits per heavy atom. The SMILES string of the molecule is CC1=CC(C)(C)C(C)(C)N1C(C)(C)C. The molecule has 0 saturated heterocycles. The van der Waals surface area contributed by atoms with Gasteiger partial charge >= 0.3 is 0 Å². The molecular weight excluding hydrogens is 170 g/mol. The summed E-state index contributed by atoms with van der Waals surface area (Å²) in [5.74, 6) is 0. The highest BCUT2D eigenvalue weighted by Crippen LogP contribution is 2.48. The van der Waals surface area contributed by atoms with Crippen molar-refractivity contribution in [3.63, 3.8) is 0 Å². The minimum absolute atomic E-state index is 0.204. The van der Waals surface area contributed by atoms with Crippen molar-refractivity contribution in [1.29, 1.82) is 0 Å². The Morgan fingerprint density at radius 2 is 1.50 bits per heavy atom. The standard InChI is InChI=1S/C13H25N/c1-10-9-12(5,6)13(7,8)14(10)11(2,3)4/h9H,1-8H3. The molecule has 0 aromatic rings. The topological polar surface area (TPSA) is 3.24 Å². The fourth-order valence-corrected chi connectivity index (χ4v) is 2.86. The summed E-state index contributed by atoms with van der Waals surface area (Å²) in [4.78, 5) is 2.54. The average molecular weight is 195 g/mol. The molecule has 1 nitrogen and oxygen atoms in total. The molecule has 0 unspecified atom stereocenters. The van der Waals surface area contributed by atoms with Crippen molar-refractivity contribution in [2.75, 3.05) is 0 Å². The molecule has 0 spiro atoms. The van der Waals surface area contributed by atoms with Crippen LogP contribution < -0.4 is 0 Å². The number of hydrogen-bond acceptors (Lipinski definition) is 1. The average Bonchev–Trinajstić information content (AvgIpc) is 1.93. The van der Waals surface area contributed by atoms with Crippen LogP contribution in [0.15, 0.2) is 11.8 Å². The Morgan fingerprint density at radius 1 is 1.07 bits per heavy atom. The predicted molar refractivity (Wildman–Crippen MR) is 63.2 cm³/mol. The van der Waals surface area contributed by atoms with Gasteiger partial charge in [-0.05, 0) is 41.5 Å². The summed E-state index contributed by atoms with van der Waals surface area (Å²) < 4.78 is 0. The highest BCUT2D eigenvalue weighted by atomic mass is 15.3. The zero-order valence-corrected chi connectivity index (χ0v) is 11.0. The van der Waals surface area contributed by atoms with Crippen molar-refractivity contribution < 1.29 is 0 Å². The first-order chi connectivity index (χ1) is 6.00. The van der Waals surface area contributed by atoms with E-state index in [2.05, 4.69) is 66.4 Å². The van der Waals surface area contributed by atoms with Gasteiger partial charge in [0, 0.05) is 22.2 Å². The lowest BCUT2D eigenvalue weighted by Gasteiger charge is -2.50. The van der Waals surface area contributed by atoms with Gasteiger partial charge < -0.3 is 4.90 Å². The predicted octanol–water partition coefficient (Wildman–Crippen LogP) is 3.81. The normalized spacial score (nSPS) is 25.1. The first-order valence-electron chi connectivity index (χ1n) is 5.50. The lowest BCUT2D eigenvalue weighted by atomic mass is 9.75. The molecule has 0 aromatic carbocycles. The van der Waals surface area contributed by atoms with Crippen molar-refractivity contribution >= 4 is 0 Å². The Hall–Kier alpha value is -0.460. The van der Waals surface area contributed by atoms with E-state index in [0.29, 0.717) is 0 Å². The third-order valence-electron chi connectivity index (χ3n) is 3.73. The Kier molecular flexibility index (Phi) is 2.30.